The van der Waals surface area contributed by atoms with E-state index in [-0.39, 0.29) is 25.2 Å². The van der Waals surface area contributed by atoms with E-state index >= 15 is 0 Å². The lowest BCUT2D eigenvalue weighted by molar-refractivity contribution is -0.142. The van der Waals surface area contributed by atoms with E-state index in [1.807, 2.05) is 38.1 Å². The number of H-pyrrole nitrogens is 1. The Kier molecular flexibility index (Phi) is 8.77. The first kappa shape index (κ1) is 24.9. The van der Waals surface area contributed by atoms with Gasteiger partial charge in [0.1, 0.15) is 12.1 Å². The second kappa shape index (κ2) is 11.3. The molecule has 0 aliphatic rings. The Bertz CT molecular complexity index is 973. The number of carbonyl (C=O) groups is 4. The minimum absolute atomic E-state index is 0.103. The van der Waals surface area contributed by atoms with Crippen LogP contribution in [0.2, 0.25) is 0 Å². The third-order valence-electron chi connectivity index (χ3n) is 5.59. The number of nitrogens with one attached hydrogen (secondary N) is 3. The van der Waals surface area contributed by atoms with Gasteiger partial charge in [-0.1, -0.05) is 38.5 Å². The molecular weight excluding hydrogens is 414 g/mol. The Morgan fingerprint density at radius 3 is 2.38 bits per heavy atom. The second-order valence-corrected chi connectivity index (χ2v) is 7.94. The summed E-state index contributed by atoms with van der Waals surface area (Å²) in [6.07, 6.45) is 2.19. The predicted molar refractivity (Wildman–Crippen MR) is 119 cm³/mol. The van der Waals surface area contributed by atoms with Gasteiger partial charge in [-0.15, -0.1) is 0 Å². The number of rotatable bonds is 12. The Labute approximate surface area is 186 Å². The highest BCUT2D eigenvalue weighted by molar-refractivity contribution is 5.93. The van der Waals surface area contributed by atoms with Gasteiger partial charge in [0, 0.05) is 29.9 Å². The third kappa shape index (κ3) is 6.55. The van der Waals surface area contributed by atoms with Gasteiger partial charge in [-0.05, 0) is 24.0 Å². The first-order valence-electron chi connectivity index (χ1n) is 10.6. The number of carboxylic acids is 1. The van der Waals surface area contributed by atoms with Gasteiger partial charge < -0.3 is 32.2 Å². The van der Waals surface area contributed by atoms with Crippen LogP contribution < -0.4 is 22.1 Å². The Morgan fingerprint density at radius 2 is 1.75 bits per heavy atom. The van der Waals surface area contributed by atoms with Crippen molar-refractivity contribution in [3.63, 3.8) is 0 Å². The topological polar surface area (TPSA) is 180 Å². The summed E-state index contributed by atoms with van der Waals surface area (Å²) in [6, 6.07) is 4.30. The summed E-state index contributed by atoms with van der Waals surface area (Å²) in [5.74, 6) is -3.25. The molecule has 3 amide bonds. The van der Waals surface area contributed by atoms with E-state index in [0.29, 0.717) is 6.42 Å². The molecule has 0 aliphatic heterocycles. The van der Waals surface area contributed by atoms with E-state index in [1.165, 1.54) is 0 Å². The van der Waals surface area contributed by atoms with Crippen molar-refractivity contribution in [2.24, 2.45) is 17.4 Å². The first-order chi connectivity index (χ1) is 15.1. The molecule has 4 atom stereocenters. The highest BCUT2D eigenvalue weighted by Gasteiger charge is 2.30. The number of aromatic nitrogens is 1. The molecule has 8 N–H and O–H groups in total. The standard InChI is InChI=1S/C22H31N5O5/c1-3-12(2)19(24)21(30)27-17(10-13-11-25-15-7-5-4-6-14(13)15)20(29)26-16(22(31)32)8-9-18(23)28/h4-7,11-12,16-17,19,25H,3,8-10,24H2,1-2H3,(H2,23,28)(H,26,29)(H,27,30)(H,31,32). The van der Waals surface area contributed by atoms with Gasteiger partial charge in [-0.3, -0.25) is 14.4 Å². The van der Waals surface area contributed by atoms with Crippen LogP contribution in [0.3, 0.4) is 0 Å². The number of fused-ring (bicyclic) bond motifs is 1. The molecule has 32 heavy (non-hydrogen) atoms. The molecule has 0 bridgehead atoms. The molecule has 0 spiro atoms. The number of amides is 3. The molecule has 0 fully saturated rings. The summed E-state index contributed by atoms with van der Waals surface area (Å²) in [5, 5.41) is 15.4. The van der Waals surface area contributed by atoms with Crippen LogP contribution in [0, 0.1) is 5.92 Å². The fourth-order valence-corrected chi connectivity index (χ4v) is 3.33. The van der Waals surface area contributed by atoms with Crippen LogP contribution in [0.5, 0.6) is 0 Å². The van der Waals surface area contributed by atoms with Crippen molar-refractivity contribution >= 4 is 34.6 Å². The lowest BCUT2D eigenvalue weighted by Gasteiger charge is -2.24. The molecule has 0 saturated carbocycles. The molecule has 0 saturated heterocycles. The molecule has 1 heterocycles. The van der Waals surface area contributed by atoms with E-state index in [0.717, 1.165) is 16.5 Å². The van der Waals surface area contributed by atoms with Gasteiger partial charge in [-0.25, -0.2) is 4.79 Å². The maximum atomic E-state index is 13.0. The maximum absolute atomic E-state index is 13.0. The number of para-hydroxylation sites is 1. The van der Waals surface area contributed by atoms with Crippen LogP contribution in [0.1, 0.15) is 38.7 Å². The van der Waals surface area contributed by atoms with Crippen LogP contribution in [0.15, 0.2) is 30.5 Å². The monoisotopic (exact) mass is 445 g/mol. The summed E-state index contributed by atoms with van der Waals surface area (Å²) < 4.78 is 0. The molecule has 1 aromatic carbocycles. The average molecular weight is 446 g/mol. The molecule has 1 aromatic heterocycles. The smallest absolute Gasteiger partial charge is 0.326 e. The number of hydrogen-bond acceptors (Lipinski definition) is 5. The van der Waals surface area contributed by atoms with E-state index in [2.05, 4.69) is 15.6 Å². The quantitative estimate of drug-likeness (QED) is 0.275. The van der Waals surface area contributed by atoms with Crippen molar-refractivity contribution in [3.05, 3.63) is 36.0 Å². The normalized spacial score (nSPS) is 14.8. The summed E-state index contributed by atoms with van der Waals surface area (Å²) in [5.41, 5.74) is 12.8. The van der Waals surface area contributed by atoms with Crippen molar-refractivity contribution in [3.8, 4) is 0 Å². The molecule has 2 rings (SSSR count). The molecule has 4 unspecified atom stereocenters. The maximum Gasteiger partial charge on any atom is 0.326 e. The average Bonchev–Trinajstić information content (AvgIpc) is 3.17. The van der Waals surface area contributed by atoms with Crippen molar-refractivity contribution in [1.29, 1.82) is 0 Å². The number of carboxylic acid groups (broad SMARTS) is 1. The molecule has 174 valence electrons. The summed E-state index contributed by atoms with van der Waals surface area (Å²) in [7, 11) is 0. The van der Waals surface area contributed by atoms with Gasteiger partial charge in [-0.2, -0.15) is 0 Å². The highest BCUT2D eigenvalue weighted by atomic mass is 16.4. The van der Waals surface area contributed by atoms with E-state index in [1.54, 1.807) is 6.20 Å². The lowest BCUT2D eigenvalue weighted by atomic mass is 9.98. The van der Waals surface area contributed by atoms with Gasteiger partial charge >= 0.3 is 5.97 Å². The van der Waals surface area contributed by atoms with Crippen molar-refractivity contribution in [2.75, 3.05) is 0 Å². The lowest BCUT2D eigenvalue weighted by Crippen LogP contribution is -2.56. The fourth-order valence-electron chi connectivity index (χ4n) is 3.33. The van der Waals surface area contributed by atoms with Gasteiger partial charge in [0.2, 0.25) is 17.7 Å². The van der Waals surface area contributed by atoms with Gasteiger partial charge in [0.25, 0.3) is 0 Å². The van der Waals surface area contributed by atoms with Crippen LogP contribution in [0.4, 0.5) is 0 Å². The van der Waals surface area contributed by atoms with Crippen molar-refractivity contribution in [1.82, 2.24) is 15.6 Å². The molecule has 10 nitrogen and oxygen atoms in total. The van der Waals surface area contributed by atoms with Crippen molar-refractivity contribution < 1.29 is 24.3 Å². The summed E-state index contributed by atoms with van der Waals surface area (Å²) in [6.45, 7) is 3.74. The minimum atomic E-state index is -1.32. The number of aromatic amines is 1. The molecule has 0 radical (unpaired) electrons. The molecular formula is C22H31N5O5. The Hall–Kier alpha value is -3.40. The van der Waals surface area contributed by atoms with Crippen LogP contribution in [-0.2, 0) is 25.6 Å². The Morgan fingerprint density at radius 1 is 1.09 bits per heavy atom. The number of hydrogen-bond donors (Lipinski definition) is 6. The second-order valence-electron chi connectivity index (χ2n) is 7.94. The molecule has 10 heteroatoms. The van der Waals surface area contributed by atoms with Crippen molar-refractivity contribution in [2.45, 2.75) is 57.7 Å². The van der Waals surface area contributed by atoms with E-state index in [4.69, 9.17) is 11.5 Å². The van der Waals surface area contributed by atoms with Gasteiger partial charge in [0.15, 0.2) is 0 Å². The van der Waals surface area contributed by atoms with E-state index < -0.39 is 41.8 Å². The van der Waals surface area contributed by atoms with E-state index in [9.17, 15) is 24.3 Å². The van der Waals surface area contributed by atoms with Crippen LogP contribution in [-0.4, -0.2) is 51.9 Å². The largest absolute Gasteiger partial charge is 0.480 e. The number of carbonyl (C=O) groups excluding carboxylic acids is 3. The number of nitrogens with two attached hydrogens (primary N) is 2. The first-order valence-corrected chi connectivity index (χ1v) is 10.6. The van der Waals surface area contributed by atoms with Gasteiger partial charge in [0.05, 0.1) is 6.04 Å². The third-order valence-corrected chi connectivity index (χ3v) is 5.59. The van der Waals surface area contributed by atoms with Crippen LogP contribution >= 0.6 is 0 Å². The minimum Gasteiger partial charge on any atom is -0.480 e. The number of primary amides is 1. The molecule has 2 aromatic rings. The SMILES string of the molecule is CCC(C)C(N)C(=O)NC(Cc1c[nH]c2ccccc12)C(=O)NC(CCC(N)=O)C(=O)O. The highest BCUT2D eigenvalue weighted by Crippen LogP contribution is 2.19. The Balaban J connectivity index is 2.25. The zero-order chi connectivity index (χ0) is 23.8. The summed E-state index contributed by atoms with van der Waals surface area (Å²) in [4.78, 5) is 51.4. The van der Waals surface area contributed by atoms with Crippen LogP contribution in [0.25, 0.3) is 10.9 Å². The summed E-state index contributed by atoms with van der Waals surface area (Å²) >= 11 is 0. The predicted octanol–water partition coefficient (Wildman–Crippen LogP) is 0.404. The zero-order valence-corrected chi connectivity index (χ0v) is 18.3. The number of aliphatic carboxylic acids is 1. The molecule has 0 aliphatic carbocycles. The zero-order valence-electron chi connectivity index (χ0n) is 18.3. The fraction of sp³-hybridized carbons (Fsp3) is 0.455. The number of benzene rings is 1.